The fourth-order valence-electron chi connectivity index (χ4n) is 4.75. The molecule has 34 heavy (non-hydrogen) atoms. The molecule has 2 heterocycles. The van der Waals surface area contributed by atoms with Crippen molar-refractivity contribution in [3.63, 3.8) is 0 Å². The third-order valence-electron chi connectivity index (χ3n) is 6.67. The molecule has 2 aliphatic rings. The van der Waals surface area contributed by atoms with Gasteiger partial charge in [0.25, 0.3) is 0 Å². The van der Waals surface area contributed by atoms with Crippen LogP contribution in [-0.4, -0.2) is 36.0 Å². The summed E-state index contributed by atoms with van der Waals surface area (Å²) in [5.41, 5.74) is 10.6. The number of nitrogen functional groups attached to an aromatic ring is 1. The fraction of sp³-hybridized carbons (Fsp3) is 0.444. The Bertz CT molecular complexity index is 1160. The van der Waals surface area contributed by atoms with Gasteiger partial charge >= 0.3 is 6.09 Å². The van der Waals surface area contributed by atoms with Crippen LogP contribution in [0, 0.1) is 0 Å². The number of nitrogens with two attached hydrogens (primary N) is 1. The first-order chi connectivity index (χ1) is 16.5. The van der Waals surface area contributed by atoms with Crippen LogP contribution in [-0.2, 0) is 4.74 Å². The first-order valence-electron chi connectivity index (χ1n) is 12.3. The maximum Gasteiger partial charge on any atom is 0.412 e. The highest BCUT2D eigenvalue weighted by Crippen LogP contribution is 2.45. The van der Waals surface area contributed by atoms with Gasteiger partial charge in [-0.2, -0.15) is 0 Å². The number of carbonyl (C=O) groups is 1. The number of rotatable bonds is 6. The number of nitrogens with zero attached hydrogens (tertiary/aromatic N) is 1. The average molecular weight is 464 g/mol. The maximum absolute atomic E-state index is 11.9. The van der Waals surface area contributed by atoms with E-state index in [1.54, 1.807) is 0 Å². The molecule has 2 fully saturated rings. The minimum atomic E-state index is -0.456. The van der Waals surface area contributed by atoms with Crippen LogP contribution < -0.4 is 20.5 Å². The zero-order valence-corrected chi connectivity index (χ0v) is 19.9. The lowest BCUT2D eigenvalue weighted by Crippen LogP contribution is -2.32. The summed E-state index contributed by atoms with van der Waals surface area (Å²) in [5.74, 6) is 1.38. The van der Waals surface area contributed by atoms with Crippen molar-refractivity contribution in [2.75, 3.05) is 18.9 Å². The number of carbonyl (C=O) groups excluding carboxylic acids is 1. The topological polar surface area (TPSA) is 87.7 Å². The lowest BCUT2D eigenvalue weighted by Gasteiger charge is -2.30. The average Bonchev–Trinajstić information content (AvgIpc) is 3.05. The molecule has 0 unspecified atom stereocenters. The smallest absolute Gasteiger partial charge is 0.412 e. The number of aromatic nitrogens is 1. The monoisotopic (exact) mass is 463 g/mol. The number of benzene rings is 2. The molecule has 3 N–H and O–H groups in total. The first kappa shape index (κ1) is 22.6. The predicted octanol–water partition coefficient (Wildman–Crippen LogP) is 5.67. The van der Waals surface area contributed by atoms with Crippen LogP contribution in [0.1, 0.15) is 52.0 Å². The molecule has 5 rings (SSSR count). The van der Waals surface area contributed by atoms with Gasteiger partial charge in [-0.1, -0.05) is 0 Å². The van der Waals surface area contributed by atoms with E-state index in [1.807, 2.05) is 44.2 Å². The summed E-state index contributed by atoms with van der Waals surface area (Å²) in [6, 6.07) is 14.2. The second-order valence-corrected chi connectivity index (χ2v) is 9.54. The molecule has 1 amide bonds. The van der Waals surface area contributed by atoms with Gasteiger partial charge in [-0.05, 0) is 69.5 Å². The van der Waals surface area contributed by atoms with E-state index in [0.717, 1.165) is 72.5 Å². The first-order valence-corrected chi connectivity index (χ1v) is 12.3. The van der Waals surface area contributed by atoms with Crippen molar-refractivity contribution >= 4 is 22.7 Å². The van der Waals surface area contributed by atoms with Gasteiger partial charge in [-0.15, -0.1) is 0 Å². The Kier molecular flexibility index (Phi) is 6.37. The van der Waals surface area contributed by atoms with Gasteiger partial charge in [0.05, 0.1) is 30.1 Å². The quantitative estimate of drug-likeness (QED) is 0.492. The highest BCUT2D eigenvalue weighted by molar-refractivity contribution is 6.01. The molecule has 0 bridgehead atoms. The van der Waals surface area contributed by atoms with Crippen LogP contribution in [0.2, 0.25) is 0 Å². The van der Waals surface area contributed by atoms with Crippen LogP contribution in [0.15, 0.2) is 42.5 Å². The molecule has 1 aliphatic heterocycles. The molecule has 1 aromatic heterocycles. The lowest BCUT2D eigenvalue weighted by atomic mass is 9.92. The fourth-order valence-corrected chi connectivity index (χ4v) is 4.75. The van der Waals surface area contributed by atoms with Crippen molar-refractivity contribution in [1.82, 2.24) is 9.88 Å². The Labute approximate surface area is 200 Å². The summed E-state index contributed by atoms with van der Waals surface area (Å²) in [5, 5.41) is 3.77. The summed E-state index contributed by atoms with van der Waals surface area (Å²) in [7, 11) is 0. The highest BCUT2D eigenvalue weighted by atomic mass is 16.6. The zero-order valence-electron chi connectivity index (χ0n) is 19.9. The number of ether oxygens (including phenoxy) is 3. The normalized spacial score (nSPS) is 17.0. The third-order valence-corrected chi connectivity index (χ3v) is 6.67. The van der Waals surface area contributed by atoms with Crippen molar-refractivity contribution in [3.8, 4) is 22.8 Å². The molecule has 180 valence electrons. The summed E-state index contributed by atoms with van der Waals surface area (Å²) in [4.78, 5) is 11.9. The third kappa shape index (κ3) is 4.57. The second-order valence-electron chi connectivity index (χ2n) is 9.54. The Morgan fingerprint density at radius 1 is 1.06 bits per heavy atom. The summed E-state index contributed by atoms with van der Waals surface area (Å²) >= 11 is 0. The number of nitrogens with one attached hydrogen (secondary N) is 1. The molecule has 1 saturated carbocycles. The molecular weight excluding hydrogens is 430 g/mol. The predicted molar refractivity (Wildman–Crippen MR) is 133 cm³/mol. The molecule has 3 aromatic rings. The molecule has 0 radical (unpaired) electrons. The summed E-state index contributed by atoms with van der Waals surface area (Å²) < 4.78 is 19.5. The van der Waals surface area contributed by atoms with E-state index in [9.17, 15) is 4.79 Å². The van der Waals surface area contributed by atoms with Crippen LogP contribution in [0.4, 0.5) is 10.5 Å². The zero-order chi connectivity index (χ0) is 23.7. The Morgan fingerprint density at radius 3 is 2.41 bits per heavy atom. The number of anilines is 1. The van der Waals surface area contributed by atoms with Crippen LogP contribution in [0.5, 0.6) is 11.5 Å². The molecule has 0 atom stereocenters. The van der Waals surface area contributed by atoms with E-state index in [4.69, 9.17) is 19.9 Å². The minimum absolute atomic E-state index is 0.0186. The van der Waals surface area contributed by atoms with E-state index in [2.05, 4.69) is 22.0 Å². The molecule has 0 spiro atoms. The van der Waals surface area contributed by atoms with E-state index in [1.165, 1.54) is 6.42 Å². The van der Waals surface area contributed by atoms with Gasteiger partial charge in [0, 0.05) is 41.9 Å². The lowest BCUT2D eigenvalue weighted by molar-refractivity contribution is 0.0256. The van der Waals surface area contributed by atoms with E-state index < -0.39 is 6.09 Å². The van der Waals surface area contributed by atoms with Gasteiger partial charge in [-0.25, -0.2) is 4.79 Å². The van der Waals surface area contributed by atoms with E-state index >= 15 is 0 Å². The molecule has 1 saturated heterocycles. The summed E-state index contributed by atoms with van der Waals surface area (Å²) in [6.45, 7) is 5.29. The minimum Gasteiger partial charge on any atom is -0.490 e. The van der Waals surface area contributed by atoms with Gasteiger partial charge in [0.2, 0.25) is 0 Å². The molecule has 2 aromatic carbocycles. The van der Waals surface area contributed by atoms with Crippen LogP contribution in [0.3, 0.4) is 0 Å². The molecule has 7 nitrogen and oxygen atoms in total. The van der Waals surface area contributed by atoms with Gasteiger partial charge in [-0.3, -0.25) is 0 Å². The van der Waals surface area contributed by atoms with E-state index in [-0.39, 0.29) is 12.1 Å². The summed E-state index contributed by atoms with van der Waals surface area (Å²) in [6.07, 6.45) is 5.06. The van der Waals surface area contributed by atoms with Gasteiger partial charge in [0.1, 0.15) is 17.6 Å². The van der Waals surface area contributed by atoms with Crippen LogP contribution in [0.25, 0.3) is 22.2 Å². The largest absolute Gasteiger partial charge is 0.490 e. The standard InChI is InChI=1S/C27H33N3O4/c1-17(2)29-27(31)34-20-8-6-18(7-9-20)26-25(28)23-11-10-22(33-21-12-14-32-15-13-21)16-24(23)30(26)19-4-3-5-19/h6-11,16-17,19,21H,3-5,12-15,28H2,1-2H3,(H,29,31). The van der Waals surface area contributed by atoms with Crippen molar-refractivity contribution in [3.05, 3.63) is 42.5 Å². The number of fused-ring (bicyclic) bond motifs is 1. The Balaban J connectivity index is 1.47. The number of hydrogen-bond acceptors (Lipinski definition) is 5. The molecule has 7 heteroatoms. The molecule has 1 aliphatic carbocycles. The highest BCUT2D eigenvalue weighted by Gasteiger charge is 2.27. The van der Waals surface area contributed by atoms with Gasteiger partial charge < -0.3 is 29.8 Å². The van der Waals surface area contributed by atoms with Crippen molar-refractivity contribution in [2.45, 2.75) is 64.1 Å². The van der Waals surface area contributed by atoms with Gasteiger partial charge in [0.15, 0.2) is 0 Å². The van der Waals surface area contributed by atoms with E-state index in [0.29, 0.717) is 11.8 Å². The Morgan fingerprint density at radius 2 is 1.76 bits per heavy atom. The Hall–Kier alpha value is -3.19. The van der Waals surface area contributed by atoms with Crippen LogP contribution >= 0.6 is 0 Å². The number of amides is 1. The van der Waals surface area contributed by atoms with Crippen molar-refractivity contribution in [2.24, 2.45) is 0 Å². The second kappa shape index (κ2) is 9.58. The van der Waals surface area contributed by atoms with Crippen molar-refractivity contribution < 1.29 is 19.0 Å². The molecular formula is C27H33N3O4. The SMILES string of the molecule is CC(C)NC(=O)Oc1ccc(-c2c(N)c3ccc(OC4CCOCC4)cc3n2C2CCC2)cc1. The number of hydrogen-bond donors (Lipinski definition) is 2. The maximum atomic E-state index is 11.9. The van der Waals surface area contributed by atoms with Crippen molar-refractivity contribution in [1.29, 1.82) is 0 Å².